The van der Waals surface area contributed by atoms with E-state index in [9.17, 15) is 0 Å². The van der Waals surface area contributed by atoms with Gasteiger partial charge in [-0.2, -0.15) is 0 Å². The van der Waals surface area contributed by atoms with E-state index >= 15 is 0 Å². The fraction of sp³-hybridized carbons (Fsp3) is 0.194. The number of aromatic nitrogens is 1. The topological polar surface area (TPSA) is 8.17 Å². The van der Waals surface area contributed by atoms with E-state index in [1.807, 2.05) is 0 Å². The van der Waals surface area contributed by atoms with Crippen molar-refractivity contribution in [2.75, 3.05) is 4.90 Å². The Bertz CT molecular complexity index is 3280. The van der Waals surface area contributed by atoms with Crippen LogP contribution in [0.1, 0.15) is 88.3 Å². The molecule has 2 heteroatoms. The molecule has 9 aromatic rings. The lowest BCUT2D eigenvalue weighted by atomic mass is 9.80. The van der Waals surface area contributed by atoms with Gasteiger partial charge in [-0.15, -0.1) is 0 Å². The monoisotopic (exact) mass is 828 g/mol. The molecule has 1 fully saturated rings. The van der Waals surface area contributed by atoms with Crippen LogP contribution in [-0.2, 0) is 5.41 Å². The van der Waals surface area contributed by atoms with E-state index in [0.29, 0.717) is 5.92 Å². The molecule has 0 saturated heterocycles. The first-order chi connectivity index (χ1) is 31.4. The van der Waals surface area contributed by atoms with E-state index in [0.717, 1.165) is 29.9 Å². The molecule has 0 spiro atoms. The van der Waals surface area contributed by atoms with Gasteiger partial charge in [0.1, 0.15) is 0 Å². The van der Waals surface area contributed by atoms with Gasteiger partial charge < -0.3 is 9.47 Å². The van der Waals surface area contributed by atoms with E-state index in [1.165, 1.54) is 109 Å². The quantitative estimate of drug-likeness (QED) is 0.148. The molecule has 0 amide bonds. The van der Waals surface area contributed by atoms with E-state index in [1.54, 1.807) is 5.56 Å². The van der Waals surface area contributed by atoms with Crippen molar-refractivity contribution in [3.05, 3.63) is 215 Å². The average molecular weight is 829 g/mol. The van der Waals surface area contributed by atoms with Crippen LogP contribution in [-0.4, -0.2) is 4.57 Å². The van der Waals surface area contributed by atoms with Gasteiger partial charge in [0.2, 0.25) is 0 Å². The molecular weight excluding hydrogens is 773 g/mol. The summed E-state index contributed by atoms with van der Waals surface area (Å²) in [6.45, 7) is 6.88. The van der Waals surface area contributed by atoms with Crippen LogP contribution in [0.3, 0.4) is 0 Å². The minimum atomic E-state index is 0.0694. The summed E-state index contributed by atoms with van der Waals surface area (Å²) in [5.74, 6) is 0.608. The van der Waals surface area contributed by atoms with Crippen molar-refractivity contribution in [2.45, 2.75) is 77.0 Å². The van der Waals surface area contributed by atoms with Crippen LogP contribution in [0.25, 0.3) is 61.4 Å². The molecule has 0 bridgehead atoms. The number of rotatable bonds is 8. The molecule has 0 atom stereocenters. The molecule has 2 aliphatic rings. The zero-order valence-electron chi connectivity index (χ0n) is 37.4. The van der Waals surface area contributed by atoms with E-state index in [-0.39, 0.29) is 5.41 Å². The average Bonchev–Trinajstić information content (AvgIpc) is 3.69. The second kappa shape index (κ2) is 16.7. The lowest BCUT2D eigenvalue weighted by Crippen LogP contribution is -2.35. The molecule has 8 aromatic carbocycles. The molecule has 0 radical (unpaired) electrons. The normalized spacial score (nSPS) is 14.4. The third-order valence-electron chi connectivity index (χ3n) is 14.0. The molecule has 2 aliphatic carbocycles. The van der Waals surface area contributed by atoms with Crippen molar-refractivity contribution >= 4 is 50.5 Å². The minimum Gasteiger partial charge on any atom is -0.309 e. The van der Waals surface area contributed by atoms with Crippen LogP contribution in [0.15, 0.2) is 188 Å². The largest absolute Gasteiger partial charge is 0.309 e. The van der Waals surface area contributed by atoms with Gasteiger partial charge in [-0.05, 0) is 118 Å². The maximum absolute atomic E-state index is 2.56. The van der Waals surface area contributed by atoms with Gasteiger partial charge in [-0.1, -0.05) is 192 Å². The van der Waals surface area contributed by atoms with Crippen molar-refractivity contribution in [1.29, 1.82) is 0 Å². The molecule has 0 aliphatic heterocycles. The smallest absolute Gasteiger partial charge is 0.0619 e. The van der Waals surface area contributed by atoms with Crippen LogP contribution < -0.4 is 15.3 Å². The number of hydrogen-bond donors (Lipinski definition) is 0. The van der Waals surface area contributed by atoms with Crippen molar-refractivity contribution in [1.82, 2.24) is 4.57 Å². The maximum Gasteiger partial charge on any atom is 0.0619 e. The molecule has 1 aromatic heterocycles. The highest BCUT2D eigenvalue weighted by Gasteiger charge is 2.26. The summed E-state index contributed by atoms with van der Waals surface area (Å²) in [6, 6.07) is 70.4. The standard InChI is InChI=1S/C62H56N2/c1-62(2,3)47-40-38-44(39-41-47)50-28-10-13-35-57(50)63(58-36-14-11-29-53(58)55-33-18-23-45-22-17-31-51(60(45)55)43-20-6-4-7-21-43)49-27-16-24-46(42-49)52-32-19-34-56-54-30-12-15-37-59(54)64(61(52)56)48-25-8-5-9-26-48/h5,8-17,19,22-32,34-43H,4,6-7,18,20-21,33H2,1-3H3. The zero-order valence-corrected chi connectivity index (χ0v) is 37.4. The minimum absolute atomic E-state index is 0.0694. The third-order valence-corrected chi connectivity index (χ3v) is 14.0. The second-order valence-corrected chi connectivity index (χ2v) is 19.0. The van der Waals surface area contributed by atoms with Gasteiger partial charge >= 0.3 is 0 Å². The molecule has 11 rings (SSSR count). The molecule has 0 unspecified atom stereocenters. The molecule has 314 valence electrons. The molecule has 2 nitrogen and oxygen atoms in total. The highest BCUT2D eigenvalue weighted by atomic mass is 15.1. The number of hydrogen-bond acceptors (Lipinski definition) is 1. The molecule has 0 N–H and O–H groups in total. The van der Waals surface area contributed by atoms with E-state index in [2.05, 4.69) is 224 Å². The van der Waals surface area contributed by atoms with Gasteiger partial charge in [-0.3, -0.25) is 0 Å². The predicted octanol–water partition coefficient (Wildman–Crippen LogP) is 15.7. The Morgan fingerprint density at radius 1 is 0.531 bits per heavy atom. The first-order valence-corrected chi connectivity index (χ1v) is 23.5. The van der Waals surface area contributed by atoms with Crippen molar-refractivity contribution in [3.8, 4) is 27.9 Å². The van der Waals surface area contributed by atoms with Crippen molar-refractivity contribution in [2.24, 2.45) is 0 Å². The molecule has 1 heterocycles. The van der Waals surface area contributed by atoms with Gasteiger partial charge in [0.15, 0.2) is 0 Å². The Labute approximate surface area is 378 Å². The summed E-state index contributed by atoms with van der Waals surface area (Å²) in [5, 5.41) is 5.39. The number of benzene rings is 8. The number of anilines is 3. The van der Waals surface area contributed by atoms with Crippen molar-refractivity contribution in [3.63, 3.8) is 0 Å². The Hall–Kier alpha value is -6.90. The Balaban J connectivity index is 1.16. The van der Waals surface area contributed by atoms with Gasteiger partial charge in [0.25, 0.3) is 0 Å². The first kappa shape index (κ1) is 39.9. The van der Waals surface area contributed by atoms with Gasteiger partial charge in [0, 0.05) is 38.8 Å². The predicted molar refractivity (Wildman–Crippen MR) is 273 cm³/mol. The molecule has 64 heavy (non-hydrogen) atoms. The Morgan fingerprint density at radius 3 is 1.98 bits per heavy atom. The zero-order chi connectivity index (χ0) is 43.2. The Kier molecular flexibility index (Phi) is 10.4. The fourth-order valence-electron chi connectivity index (χ4n) is 10.9. The number of para-hydroxylation sites is 5. The summed E-state index contributed by atoms with van der Waals surface area (Å²) in [7, 11) is 0. The summed E-state index contributed by atoms with van der Waals surface area (Å²) < 4.78 is 2.45. The summed E-state index contributed by atoms with van der Waals surface area (Å²) in [5.41, 5.74) is 17.6. The Morgan fingerprint density at radius 2 is 1.19 bits per heavy atom. The van der Waals surface area contributed by atoms with Crippen LogP contribution in [0.4, 0.5) is 17.1 Å². The fourth-order valence-corrected chi connectivity index (χ4v) is 10.9. The van der Waals surface area contributed by atoms with Gasteiger partial charge in [-0.25, -0.2) is 0 Å². The lowest BCUT2D eigenvalue weighted by Gasteiger charge is -2.31. The highest BCUT2D eigenvalue weighted by Crippen LogP contribution is 2.46. The first-order valence-electron chi connectivity index (χ1n) is 23.5. The highest BCUT2D eigenvalue weighted by molar-refractivity contribution is 6.14. The maximum atomic E-state index is 2.56. The molecule has 1 saturated carbocycles. The van der Waals surface area contributed by atoms with Crippen LogP contribution in [0.2, 0.25) is 0 Å². The summed E-state index contributed by atoms with van der Waals surface area (Å²) in [6.07, 6.45) is 11.1. The summed E-state index contributed by atoms with van der Waals surface area (Å²) in [4.78, 5) is 2.56. The second-order valence-electron chi connectivity index (χ2n) is 19.0. The third kappa shape index (κ3) is 7.16. The van der Waals surface area contributed by atoms with Crippen molar-refractivity contribution < 1.29 is 0 Å². The van der Waals surface area contributed by atoms with Crippen LogP contribution >= 0.6 is 0 Å². The van der Waals surface area contributed by atoms with E-state index in [4.69, 9.17) is 0 Å². The lowest BCUT2D eigenvalue weighted by molar-refractivity contribution is 0.442. The number of fused-ring (bicyclic) bond motifs is 4. The van der Waals surface area contributed by atoms with Crippen LogP contribution in [0.5, 0.6) is 0 Å². The summed E-state index contributed by atoms with van der Waals surface area (Å²) >= 11 is 0. The van der Waals surface area contributed by atoms with E-state index < -0.39 is 0 Å². The van der Waals surface area contributed by atoms with Gasteiger partial charge in [0.05, 0.1) is 22.4 Å². The van der Waals surface area contributed by atoms with Crippen LogP contribution in [0, 0.1) is 0 Å². The number of nitrogens with zero attached hydrogens (tertiary/aromatic N) is 2. The SMILES string of the molecule is CC(C)(C)c1ccc(-c2ccccc2N(c2cccc(-c3cccc4c5ccccc5n(-c5ccccc5)c34)c2)c2ccccc2C2=c3c(C4CCCCC4)cccc3=CCC2)cc1. The molecular formula is C62H56N2.